The Balaban J connectivity index is 2.48. The molecule has 1 fully saturated rings. The summed E-state index contributed by atoms with van der Waals surface area (Å²) in [7, 11) is 0. The number of benzene rings is 1. The van der Waals surface area contributed by atoms with Crippen molar-refractivity contribution in [3.63, 3.8) is 0 Å². The molecule has 2 unspecified atom stereocenters. The first kappa shape index (κ1) is 13.4. The fourth-order valence-corrected chi connectivity index (χ4v) is 3.15. The van der Waals surface area contributed by atoms with Crippen LogP contribution in [0.3, 0.4) is 0 Å². The summed E-state index contributed by atoms with van der Waals surface area (Å²) in [5.74, 6) is -0.855. The van der Waals surface area contributed by atoms with Gasteiger partial charge in [-0.15, -0.1) is 0 Å². The Bertz CT molecular complexity index is 461. The summed E-state index contributed by atoms with van der Waals surface area (Å²) in [6, 6.07) is 6.25. The molecule has 0 amide bonds. The lowest BCUT2D eigenvalue weighted by Crippen LogP contribution is -2.35. The summed E-state index contributed by atoms with van der Waals surface area (Å²) < 4.78 is 0.927. The van der Waals surface area contributed by atoms with Crippen LogP contribution in [0.25, 0.3) is 0 Å². The molecular formula is C14H18BrNO2. The van der Waals surface area contributed by atoms with E-state index in [0.717, 1.165) is 29.4 Å². The van der Waals surface area contributed by atoms with Crippen molar-refractivity contribution in [1.82, 2.24) is 0 Å². The molecule has 1 aliphatic rings. The summed E-state index contributed by atoms with van der Waals surface area (Å²) in [5, 5.41) is 9.32. The minimum Gasteiger partial charge on any atom is -0.478 e. The van der Waals surface area contributed by atoms with E-state index in [1.165, 1.54) is 0 Å². The van der Waals surface area contributed by atoms with E-state index in [2.05, 4.69) is 34.7 Å². The highest BCUT2D eigenvalue weighted by Crippen LogP contribution is 2.35. The summed E-state index contributed by atoms with van der Waals surface area (Å²) in [5.41, 5.74) is 1.24. The maximum Gasteiger partial charge on any atom is 0.337 e. The van der Waals surface area contributed by atoms with Crippen molar-refractivity contribution in [3.8, 4) is 0 Å². The third-order valence-corrected chi connectivity index (χ3v) is 4.22. The first-order valence-corrected chi connectivity index (χ1v) is 7.15. The second-order valence-electron chi connectivity index (χ2n) is 4.86. The number of carbonyl (C=O) groups is 1. The van der Waals surface area contributed by atoms with Gasteiger partial charge in [0.15, 0.2) is 0 Å². The molecule has 0 spiro atoms. The second kappa shape index (κ2) is 5.31. The van der Waals surface area contributed by atoms with Gasteiger partial charge in [0.25, 0.3) is 0 Å². The Labute approximate surface area is 116 Å². The molecule has 98 valence electrons. The smallest absolute Gasteiger partial charge is 0.337 e. The Morgan fingerprint density at radius 2 is 2.22 bits per heavy atom. The van der Waals surface area contributed by atoms with Crippen LogP contribution >= 0.6 is 15.9 Å². The van der Waals surface area contributed by atoms with E-state index in [0.29, 0.717) is 17.6 Å². The van der Waals surface area contributed by atoms with Crippen LogP contribution in [0.5, 0.6) is 0 Å². The van der Waals surface area contributed by atoms with E-state index in [1.807, 2.05) is 6.07 Å². The first-order valence-electron chi connectivity index (χ1n) is 6.35. The summed E-state index contributed by atoms with van der Waals surface area (Å²) in [6.07, 6.45) is 3.32. The molecule has 1 aromatic rings. The van der Waals surface area contributed by atoms with Gasteiger partial charge in [0.1, 0.15) is 0 Å². The number of anilines is 1. The van der Waals surface area contributed by atoms with Crippen molar-refractivity contribution in [2.24, 2.45) is 0 Å². The molecule has 0 saturated carbocycles. The summed E-state index contributed by atoms with van der Waals surface area (Å²) in [4.78, 5) is 13.6. The number of hydrogen-bond donors (Lipinski definition) is 1. The fourth-order valence-electron chi connectivity index (χ4n) is 2.81. The van der Waals surface area contributed by atoms with Crippen molar-refractivity contribution < 1.29 is 9.90 Å². The van der Waals surface area contributed by atoms with Crippen LogP contribution in [-0.4, -0.2) is 23.2 Å². The molecule has 3 nitrogen and oxygen atoms in total. The Morgan fingerprint density at radius 3 is 2.83 bits per heavy atom. The van der Waals surface area contributed by atoms with Crippen molar-refractivity contribution >= 4 is 27.6 Å². The molecule has 1 heterocycles. The van der Waals surface area contributed by atoms with Gasteiger partial charge in [0, 0.05) is 16.6 Å². The lowest BCUT2D eigenvalue weighted by molar-refractivity contribution is 0.0697. The van der Waals surface area contributed by atoms with Crippen LogP contribution in [-0.2, 0) is 0 Å². The van der Waals surface area contributed by atoms with Gasteiger partial charge in [-0.2, -0.15) is 0 Å². The highest BCUT2D eigenvalue weighted by molar-refractivity contribution is 9.10. The molecule has 18 heavy (non-hydrogen) atoms. The van der Waals surface area contributed by atoms with Gasteiger partial charge in [-0.3, -0.25) is 0 Å². The molecule has 1 saturated heterocycles. The number of carboxylic acids is 1. The van der Waals surface area contributed by atoms with E-state index in [9.17, 15) is 9.90 Å². The third kappa shape index (κ3) is 2.39. The lowest BCUT2D eigenvalue weighted by atomic mass is 10.1. The molecule has 0 radical (unpaired) electrons. The van der Waals surface area contributed by atoms with Crippen LogP contribution < -0.4 is 4.90 Å². The van der Waals surface area contributed by atoms with E-state index >= 15 is 0 Å². The highest BCUT2D eigenvalue weighted by atomic mass is 79.9. The standard InChI is InChI=1S/C14H18BrNO2/c1-3-11-6-4-9(2)16(11)13-8-10(15)5-7-12(13)14(17)18/h5,7-9,11H,3-4,6H2,1-2H3,(H,17,18). The summed E-state index contributed by atoms with van der Waals surface area (Å²) in [6.45, 7) is 4.33. The molecule has 0 bridgehead atoms. The largest absolute Gasteiger partial charge is 0.478 e. The topological polar surface area (TPSA) is 40.5 Å². The van der Waals surface area contributed by atoms with Gasteiger partial charge >= 0.3 is 5.97 Å². The minimum atomic E-state index is -0.855. The maximum atomic E-state index is 11.3. The quantitative estimate of drug-likeness (QED) is 0.920. The average molecular weight is 312 g/mol. The van der Waals surface area contributed by atoms with Crippen molar-refractivity contribution in [2.45, 2.75) is 45.2 Å². The monoisotopic (exact) mass is 311 g/mol. The van der Waals surface area contributed by atoms with Crippen LogP contribution in [0.2, 0.25) is 0 Å². The SMILES string of the molecule is CCC1CCC(C)N1c1cc(Br)ccc1C(=O)O. The van der Waals surface area contributed by atoms with Crippen molar-refractivity contribution in [1.29, 1.82) is 0 Å². The second-order valence-corrected chi connectivity index (χ2v) is 5.78. The van der Waals surface area contributed by atoms with Gasteiger partial charge < -0.3 is 10.0 Å². The van der Waals surface area contributed by atoms with Gasteiger partial charge in [0.05, 0.1) is 11.3 Å². The zero-order chi connectivity index (χ0) is 13.3. The first-order chi connectivity index (χ1) is 8.54. The highest BCUT2D eigenvalue weighted by Gasteiger charge is 2.31. The number of carboxylic acid groups (broad SMARTS) is 1. The van der Waals surface area contributed by atoms with Crippen LogP contribution in [0.4, 0.5) is 5.69 Å². The number of hydrogen-bond acceptors (Lipinski definition) is 2. The molecule has 2 atom stereocenters. The van der Waals surface area contributed by atoms with Gasteiger partial charge in [-0.1, -0.05) is 22.9 Å². The van der Waals surface area contributed by atoms with E-state index < -0.39 is 5.97 Å². The molecule has 0 aliphatic carbocycles. The average Bonchev–Trinajstić information content (AvgIpc) is 2.69. The third-order valence-electron chi connectivity index (χ3n) is 3.73. The van der Waals surface area contributed by atoms with Gasteiger partial charge in [-0.25, -0.2) is 4.79 Å². The Morgan fingerprint density at radius 1 is 1.50 bits per heavy atom. The zero-order valence-electron chi connectivity index (χ0n) is 10.7. The van der Waals surface area contributed by atoms with E-state index in [-0.39, 0.29) is 0 Å². The van der Waals surface area contributed by atoms with Crippen molar-refractivity contribution in [2.75, 3.05) is 4.90 Å². The Kier molecular flexibility index (Phi) is 3.95. The number of nitrogens with zero attached hydrogens (tertiary/aromatic N) is 1. The maximum absolute atomic E-state index is 11.3. The van der Waals surface area contributed by atoms with Gasteiger partial charge in [0.2, 0.25) is 0 Å². The lowest BCUT2D eigenvalue weighted by Gasteiger charge is -2.31. The molecule has 1 aromatic carbocycles. The molecule has 1 N–H and O–H groups in total. The molecule has 1 aliphatic heterocycles. The molecule has 0 aromatic heterocycles. The molecule has 4 heteroatoms. The van der Waals surface area contributed by atoms with Crippen LogP contribution in [0.1, 0.15) is 43.5 Å². The summed E-state index contributed by atoms with van der Waals surface area (Å²) >= 11 is 3.43. The van der Waals surface area contributed by atoms with Crippen molar-refractivity contribution in [3.05, 3.63) is 28.2 Å². The van der Waals surface area contributed by atoms with Crippen LogP contribution in [0, 0.1) is 0 Å². The predicted molar refractivity (Wildman–Crippen MR) is 76.4 cm³/mol. The van der Waals surface area contributed by atoms with Crippen LogP contribution in [0.15, 0.2) is 22.7 Å². The number of halogens is 1. The van der Waals surface area contributed by atoms with Gasteiger partial charge in [-0.05, 0) is 44.4 Å². The van der Waals surface area contributed by atoms with E-state index in [1.54, 1.807) is 12.1 Å². The Hall–Kier alpha value is -1.03. The zero-order valence-corrected chi connectivity index (χ0v) is 12.3. The minimum absolute atomic E-state index is 0.394. The molecule has 2 rings (SSSR count). The van der Waals surface area contributed by atoms with E-state index in [4.69, 9.17) is 0 Å². The molecular weight excluding hydrogens is 294 g/mol. The predicted octanol–water partition coefficient (Wildman–Crippen LogP) is 3.91. The normalized spacial score (nSPS) is 23.4. The number of rotatable bonds is 3. The fraction of sp³-hybridized carbons (Fsp3) is 0.500. The number of aromatic carboxylic acids is 1.